The van der Waals surface area contributed by atoms with Crippen molar-refractivity contribution in [1.29, 1.82) is 0 Å². The molecular formula is C15H22N2O3S2. The molecule has 0 aromatic carbocycles. The first kappa shape index (κ1) is 16.2. The molecule has 0 radical (unpaired) electrons. The molecule has 0 aliphatic carbocycles. The first-order chi connectivity index (χ1) is 10.4. The number of aromatic nitrogens is 1. The summed E-state index contributed by atoms with van der Waals surface area (Å²) in [4.78, 5) is 4.44. The Kier molecular flexibility index (Phi) is 4.51. The van der Waals surface area contributed by atoms with Crippen LogP contribution in [-0.2, 0) is 21.4 Å². The van der Waals surface area contributed by atoms with Gasteiger partial charge in [0.25, 0.3) is 0 Å². The fraction of sp³-hybridized carbons (Fsp3) is 0.667. The second-order valence-electron chi connectivity index (χ2n) is 6.07. The predicted molar refractivity (Wildman–Crippen MR) is 88.4 cm³/mol. The summed E-state index contributed by atoms with van der Waals surface area (Å²) in [6.07, 6.45) is 1.12. The Morgan fingerprint density at radius 3 is 2.91 bits per heavy atom. The molecular weight excluding hydrogens is 320 g/mol. The van der Waals surface area contributed by atoms with Crippen LogP contribution in [0.3, 0.4) is 0 Å². The fourth-order valence-corrected chi connectivity index (χ4v) is 5.96. The Morgan fingerprint density at radius 1 is 1.45 bits per heavy atom. The van der Waals surface area contributed by atoms with Gasteiger partial charge in [-0.25, -0.2) is 8.42 Å². The summed E-state index contributed by atoms with van der Waals surface area (Å²) in [5, 5.41) is 0. The van der Waals surface area contributed by atoms with Crippen molar-refractivity contribution in [2.75, 3.05) is 24.6 Å². The van der Waals surface area contributed by atoms with Crippen molar-refractivity contribution in [2.45, 2.75) is 37.7 Å². The Bertz CT molecular complexity index is 642. The smallest absolute Gasteiger partial charge is 0.213 e. The van der Waals surface area contributed by atoms with E-state index in [-0.39, 0.29) is 16.6 Å². The molecule has 0 amide bonds. The molecule has 1 spiro atoms. The Hall–Kier alpha value is -0.630. The van der Waals surface area contributed by atoms with Gasteiger partial charge in [0.05, 0.1) is 24.2 Å². The maximum absolute atomic E-state index is 11.8. The number of rotatable bonds is 5. The van der Waals surface area contributed by atoms with E-state index in [0.717, 1.165) is 23.6 Å². The summed E-state index contributed by atoms with van der Waals surface area (Å²) in [7, 11) is -3.03. The van der Waals surface area contributed by atoms with Gasteiger partial charge in [-0.05, 0) is 32.4 Å². The molecule has 1 unspecified atom stereocenters. The van der Waals surface area contributed by atoms with Gasteiger partial charge in [-0.3, -0.25) is 4.98 Å². The minimum absolute atomic E-state index is 0.0763. The van der Waals surface area contributed by atoms with Gasteiger partial charge in [0.15, 0.2) is 0 Å². The van der Waals surface area contributed by atoms with E-state index >= 15 is 0 Å². The number of sulfonamides is 1. The predicted octanol–water partition coefficient (Wildman–Crippen LogP) is 1.82. The van der Waals surface area contributed by atoms with Crippen LogP contribution in [-0.4, -0.2) is 53.2 Å². The zero-order valence-corrected chi connectivity index (χ0v) is 14.6. The summed E-state index contributed by atoms with van der Waals surface area (Å²) in [6.45, 7) is 5.47. The van der Waals surface area contributed by atoms with Crippen molar-refractivity contribution in [2.24, 2.45) is 0 Å². The molecule has 0 bridgehead atoms. The van der Waals surface area contributed by atoms with Crippen LogP contribution < -0.4 is 0 Å². The molecule has 2 aliphatic heterocycles. The number of aryl methyl sites for hydroxylation is 1. The first-order valence-electron chi connectivity index (χ1n) is 7.58. The SMILES string of the molecule is CCS(=O)(=O)N1CC2(CC(OCc3cccc(C)n3)CS2)C1. The lowest BCUT2D eigenvalue weighted by molar-refractivity contribution is 0.0380. The zero-order valence-electron chi connectivity index (χ0n) is 13.0. The molecule has 0 saturated carbocycles. The van der Waals surface area contributed by atoms with E-state index in [9.17, 15) is 8.42 Å². The van der Waals surface area contributed by atoms with Crippen molar-refractivity contribution >= 4 is 21.8 Å². The van der Waals surface area contributed by atoms with Gasteiger partial charge in [0, 0.05) is 29.3 Å². The van der Waals surface area contributed by atoms with Gasteiger partial charge >= 0.3 is 0 Å². The van der Waals surface area contributed by atoms with E-state index < -0.39 is 10.0 Å². The van der Waals surface area contributed by atoms with Gasteiger partial charge in [0.2, 0.25) is 10.0 Å². The lowest BCUT2D eigenvalue weighted by atomic mass is 9.95. The molecule has 2 aliphatic rings. The van der Waals surface area contributed by atoms with E-state index in [1.165, 1.54) is 0 Å². The topological polar surface area (TPSA) is 59.5 Å². The van der Waals surface area contributed by atoms with Gasteiger partial charge in [-0.15, -0.1) is 11.8 Å². The maximum atomic E-state index is 11.8. The van der Waals surface area contributed by atoms with Crippen molar-refractivity contribution < 1.29 is 13.2 Å². The molecule has 122 valence electrons. The van der Waals surface area contributed by atoms with Crippen LogP contribution in [0.25, 0.3) is 0 Å². The molecule has 3 heterocycles. The first-order valence-corrected chi connectivity index (χ1v) is 10.2. The van der Waals surface area contributed by atoms with E-state index in [2.05, 4.69) is 4.98 Å². The molecule has 5 nitrogen and oxygen atoms in total. The van der Waals surface area contributed by atoms with Crippen LogP contribution in [0.5, 0.6) is 0 Å². The number of ether oxygens (including phenoxy) is 1. The number of hydrogen-bond acceptors (Lipinski definition) is 5. The quantitative estimate of drug-likeness (QED) is 0.817. The molecule has 1 aromatic rings. The third kappa shape index (κ3) is 3.32. The van der Waals surface area contributed by atoms with Gasteiger partial charge < -0.3 is 4.74 Å². The van der Waals surface area contributed by atoms with Crippen LogP contribution in [0.2, 0.25) is 0 Å². The molecule has 1 aromatic heterocycles. The van der Waals surface area contributed by atoms with E-state index in [1.807, 2.05) is 36.9 Å². The minimum atomic E-state index is -3.03. The highest BCUT2D eigenvalue weighted by atomic mass is 32.2. The summed E-state index contributed by atoms with van der Waals surface area (Å²) in [6, 6.07) is 5.94. The zero-order chi connectivity index (χ0) is 15.8. The molecule has 3 rings (SSSR count). The second kappa shape index (κ2) is 6.11. The Balaban J connectivity index is 1.50. The van der Waals surface area contributed by atoms with Crippen molar-refractivity contribution in [3.8, 4) is 0 Å². The highest BCUT2D eigenvalue weighted by Gasteiger charge is 2.52. The number of nitrogens with zero attached hydrogens (tertiary/aromatic N) is 2. The summed E-state index contributed by atoms with van der Waals surface area (Å²) in [5.41, 5.74) is 1.95. The van der Waals surface area contributed by atoms with Crippen LogP contribution >= 0.6 is 11.8 Å². The lowest BCUT2D eigenvalue weighted by Gasteiger charge is -2.46. The standard InChI is InChI=1S/C15H22N2O3S2/c1-3-22(18,19)17-10-15(11-17)7-14(9-21-15)20-8-13-6-4-5-12(2)16-13/h4-6,14H,3,7-11H2,1-2H3. The normalized spacial score (nSPS) is 24.5. The van der Waals surface area contributed by atoms with Crippen LogP contribution in [0, 0.1) is 6.92 Å². The minimum Gasteiger partial charge on any atom is -0.371 e. The van der Waals surface area contributed by atoms with Crippen LogP contribution in [0.4, 0.5) is 0 Å². The monoisotopic (exact) mass is 342 g/mol. The average molecular weight is 342 g/mol. The van der Waals surface area contributed by atoms with E-state index in [1.54, 1.807) is 11.2 Å². The van der Waals surface area contributed by atoms with Crippen LogP contribution in [0.1, 0.15) is 24.7 Å². The van der Waals surface area contributed by atoms with Crippen molar-refractivity contribution in [3.05, 3.63) is 29.6 Å². The Morgan fingerprint density at radius 2 is 2.23 bits per heavy atom. The van der Waals surface area contributed by atoms with Gasteiger partial charge in [0.1, 0.15) is 0 Å². The third-order valence-electron chi connectivity index (χ3n) is 4.28. The molecule has 0 N–H and O–H groups in total. The van der Waals surface area contributed by atoms with Crippen molar-refractivity contribution in [1.82, 2.24) is 9.29 Å². The maximum Gasteiger partial charge on any atom is 0.213 e. The highest BCUT2D eigenvalue weighted by molar-refractivity contribution is 8.01. The second-order valence-corrected chi connectivity index (χ2v) is 9.82. The molecule has 22 heavy (non-hydrogen) atoms. The van der Waals surface area contributed by atoms with Gasteiger partial charge in [-0.2, -0.15) is 4.31 Å². The fourth-order valence-electron chi connectivity index (χ4n) is 2.99. The summed E-state index contributed by atoms with van der Waals surface area (Å²) >= 11 is 1.86. The lowest BCUT2D eigenvalue weighted by Crippen LogP contribution is -2.60. The molecule has 7 heteroatoms. The van der Waals surface area contributed by atoms with Crippen LogP contribution in [0.15, 0.2) is 18.2 Å². The van der Waals surface area contributed by atoms with E-state index in [0.29, 0.717) is 19.7 Å². The highest BCUT2D eigenvalue weighted by Crippen LogP contribution is 2.47. The molecule has 2 fully saturated rings. The average Bonchev–Trinajstić information content (AvgIpc) is 2.88. The third-order valence-corrected chi connectivity index (χ3v) is 7.63. The van der Waals surface area contributed by atoms with Crippen molar-refractivity contribution in [3.63, 3.8) is 0 Å². The number of hydrogen-bond donors (Lipinski definition) is 0. The molecule has 1 atom stereocenters. The summed E-state index contributed by atoms with van der Waals surface area (Å²) in [5.74, 6) is 1.12. The molecule has 2 saturated heterocycles. The Labute approximate surface area is 136 Å². The summed E-state index contributed by atoms with van der Waals surface area (Å²) < 4.78 is 31.3. The number of thioether (sulfide) groups is 1. The van der Waals surface area contributed by atoms with Gasteiger partial charge in [-0.1, -0.05) is 6.07 Å². The van der Waals surface area contributed by atoms with E-state index in [4.69, 9.17) is 4.74 Å². The largest absolute Gasteiger partial charge is 0.371 e. The number of pyridine rings is 1.